The van der Waals surface area contributed by atoms with Crippen molar-refractivity contribution < 1.29 is 0 Å². The third kappa shape index (κ3) is 3.50. The first-order valence-electron chi connectivity index (χ1n) is 12.4. The number of rotatable bonds is 4. The molecule has 1 aliphatic carbocycles. The summed E-state index contributed by atoms with van der Waals surface area (Å²) in [5, 5.41) is 14.1. The minimum absolute atomic E-state index is 0.0755. The Kier molecular flexibility index (Phi) is 5.20. The maximum Gasteiger partial charge on any atom is 0.254 e. The molecule has 0 unspecified atom stereocenters. The molecule has 0 radical (unpaired) electrons. The first-order valence-corrected chi connectivity index (χ1v) is 12.4. The zero-order valence-corrected chi connectivity index (χ0v) is 19.8. The Bertz CT molecular complexity index is 1410. The van der Waals surface area contributed by atoms with Gasteiger partial charge >= 0.3 is 0 Å². The largest absolute Gasteiger partial charge is 0.357 e. The third-order valence-corrected chi connectivity index (χ3v) is 7.51. The average molecular weight is 455 g/mol. The summed E-state index contributed by atoms with van der Waals surface area (Å²) in [5.41, 5.74) is 6.25. The molecule has 0 bridgehead atoms. The second-order valence-corrected chi connectivity index (χ2v) is 9.85. The minimum Gasteiger partial charge on any atom is -0.357 e. The predicted molar refractivity (Wildman–Crippen MR) is 133 cm³/mol. The van der Waals surface area contributed by atoms with Crippen molar-refractivity contribution >= 4 is 16.6 Å². The number of anilines is 1. The van der Waals surface area contributed by atoms with Crippen LogP contribution in [-0.2, 0) is 6.42 Å². The van der Waals surface area contributed by atoms with Gasteiger partial charge in [0.25, 0.3) is 5.56 Å². The van der Waals surface area contributed by atoms with E-state index >= 15 is 0 Å². The fraction of sp³-hybridized carbons (Fsp3) is 0.407. The maximum atomic E-state index is 13.6. The summed E-state index contributed by atoms with van der Waals surface area (Å²) in [7, 11) is 0. The summed E-state index contributed by atoms with van der Waals surface area (Å²) in [6, 6.07) is 14.8. The molecule has 6 rings (SSSR count). The number of para-hydroxylation sites is 1. The lowest BCUT2D eigenvalue weighted by atomic mass is 9.95. The SMILES string of the molecule is Cc1cc(C)c2[nH]c(=O)c([C@H](c3nnnn3C3CCCC3)N3CCCc4ccccc43)cc2c1. The number of benzene rings is 2. The molecule has 3 heterocycles. The number of nitrogens with zero attached hydrogens (tertiary/aromatic N) is 5. The van der Waals surface area contributed by atoms with Crippen molar-refractivity contribution in [1.29, 1.82) is 0 Å². The molecule has 7 heteroatoms. The number of aromatic nitrogens is 5. The molecular weight excluding hydrogens is 424 g/mol. The van der Waals surface area contributed by atoms with Crippen molar-refractivity contribution in [2.24, 2.45) is 0 Å². The Morgan fingerprint density at radius 1 is 1.06 bits per heavy atom. The molecule has 2 aromatic heterocycles. The van der Waals surface area contributed by atoms with Crippen LogP contribution >= 0.6 is 0 Å². The molecule has 1 atom stereocenters. The van der Waals surface area contributed by atoms with Crippen LogP contribution in [0.15, 0.2) is 47.3 Å². The van der Waals surface area contributed by atoms with Gasteiger partial charge in [-0.25, -0.2) is 4.68 Å². The van der Waals surface area contributed by atoms with Gasteiger partial charge in [0.05, 0.1) is 11.6 Å². The summed E-state index contributed by atoms with van der Waals surface area (Å²) >= 11 is 0. The molecule has 2 aromatic carbocycles. The topological polar surface area (TPSA) is 79.7 Å². The first kappa shape index (κ1) is 21.1. The third-order valence-electron chi connectivity index (χ3n) is 7.51. The van der Waals surface area contributed by atoms with Crippen LogP contribution in [0.4, 0.5) is 5.69 Å². The second kappa shape index (κ2) is 8.38. The number of tetrazole rings is 1. The lowest BCUT2D eigenvalue weighted by Crippen LogP contribution is -2.38. The Labute approximate surface area is 198 Å². The van der Waals surface area contributed by atoms with Crippen molar-refractivity contribution in [3.63, 3.8) is 0 Å². The second-order valence-electron chi connectivity index (χ2n) is 9.85. The standard InChI is InChI=1S/C27H30N6O/c1-17-14-18(2)24-20(15-17)16-22(27(34)28-24)25(26-29-30-31-33(26)21-10-4-5-11-21)32-13-7-9-19-8-3-6-12-23(19)32/h3,6,8,12,14-16,21,25H,4-5,7,9-11,13H2,1-2H3,(H,28,34)/t25-/m1/s1. The number of hydrogen-bond acceptors (Lipinski definition) is 5. The van der Waals surface area contributed by atoms with Gasteiger partial charge in [-0.15, -0.1) is 5.10 Å². The minimum atomic E-state index is -0.356. The van der Waals surface area contributed by atoms with Crippen LogP contribution in [0.1, 0.15) is 72.3 Å². The van der Waals surface area contributed by atoms with E-state index in [0.29, 0.717) is 5.56 Å². The molecular formula is C27H30N6O. The van der Waals surface area contributed by atoms with Crippen LogP contribution < -0.4 is 10.5 Å². The van der Waals surface area contributed by atoms with Crippen molar-refractivity contribution in [2.45, 2.75) is 64.5 Å². The maximum absolute atomic E-state index is 13.6. The van der Waals surface area contributed by atoms with Crippen molar-refractivity contribution in [2.75, 3.05) is 11.4 Å². The molecule has 2 aliphatic rings. The molecule has 1 saturated carbocycles. The van der Waals surface area contributed by atoms with Crippen molar-refractivity contribution in [3.05, 3.63) is 80.9 Å². The smallest absolute Gasteiger partial charge is 0.254 e. The molecule has 4 aromatic rings. The van der Waals surface area contributed by atoms with Gasteiger partial charge in [0.1, 0.15) is 6.04 Å². The Morgan fingerprint density at radius 2 is 1.88 bits per heavy atom. The van der Waals surface area contributed by atoms with E-state index < -0.39 is 0 Å². The summed E-state index contributed by atoms with van der Waals surface area (Å²) in [5.74, 6) is 0.762. The van der Waals surface area contributed by atoms with E-state index in [9.17, 15) is 4.79 Å². The molecule has 0 saturated heterocycles. The molecule has 0 spiro atoms. The van der Waals surface area contributed by atoms with Crippen molar-refractivity contribution in [3.8, 4) is 0 Å². The zero-order chi connectivity index (χ0) is 23.2. The zero-order valence-electron chi connectivity index (χ0n) is 19.8. The van der Waals surface area contributed by atoms with E-state index in [1.807, 2.05) is 11.6 Å². The number of pyridine rings is 1. The van der Waals surface area contributed by atoms with Gasteiger partial charge < -0.3 is 9.88 Å². The number of aromatic amines is 1. The highest BCUT2D eigenvalue weighted by atomic mass is 16.1. The Balaban J connectivity index is 1.58. The fourth-order valence-electron chi connectivity index (χ4n) is 5.97. The van der Waals surface area contributed by atoms with Crippen LogP contribution in [0.5, 0.6) is 0 Å². The van der Waals surface area contributed by atoms with Gasteiger partial charge in [-0.1, -0.05) is 42.7 Å². The van der Waals surface area contributed by atoms with Gasteiger partial charge in [-0.2, -0.15) is 0 Å². The van der Waals surface area contributed by atoms with E-state index in [-0.39, 0.29) is 17.6 Å². The molecule has 34 heavy (non-hydrogen) atoms. The molecule has 1 aliphatic heterocycles. The number of H-pyrrole nitrogens is 1. The van der Waals surface area contributed by atoms with Crippen LogP contribution in [0.2, 0.25) is 0 Å². The normalized spacial score (nSPS) is 17.3. The van der Waals surface area contributed by atoms with E-state index in [2.05, 4.69) is 74.8 Å². The van der Waals surface area contributed by atoms with Crippen LogP contribution in [0, 0.1) is 13.8 Å². The van der Waals surface area contributed by atoms with Gasteiger partial charge in [-0.3, -0.25) is 4.79 Å². The Morgan fingerprint density at radius 3 is 2.74 bits per heavy atom. The van der Waals surface area contributed by atoms with Crippen LogP contribution in [0.25, 0.3) is 10.9 Å². The summed E-state index contributed by atoms with van der Waals surface area (Å²) in [6.07, 6.45) is 6.61. The van der Waals surface area contributed by atoms with Gasteiger partial charge in [0.2, 0.25) is 0 Å². The monoisotopic (exact) mass is 454 g/mol. The highest BCUT2D eigenvalue weighted by Gasteiger charge is 2.35. The number of hydrogen-bond donors (Lipinski definition) is 1. The van der Waals surface area contributed by atoms with Gasteiger partial charge in [-0.05, 0) is 84.7 Å². The van der Waals surface area contributed by atoms with Gasteiger partial charge in [0, 0.05) is 17.8 Å². The molecule has 7 nitrogen and oxygen atoms in total. The summed E-state index contributed by atoms with van der Waals surface area (Å²) in [4.78, 5) is 19.2. The lowest BCUT2D eigenvalue weighted by molar-refractivity contribution is 0.425. The highest BCUT2D eigenvalue weighted by Crippen LogP contribution is 2.39. The quantitative estimate of drug-likeness (QED) is 0.480. The molecule has 174 valence electrons. The Hall–Kier alpha value is -3.48. The van der Waals surface area contributed by atoms with E-state index in [0.717, 1.165) is 54.5 Å². The first-order chi connectivity index (χ1) is 16.6. The lowest BCUT2D eigenvalue weighted by Gasteiger charge is -2.37. The number of aryl methyl sites for hydroxylation is 3. The highest BCUT2D eigenvalue weighted by molar-refractivity contribution is 5.83. The van der Waals surface area contributed by atoms with Crippen LogP contribution in [0.3, 0.4) is 0 Å². The summed E-state index contributed by atoms with van der Waals surface area (Å²) in [6.45, 7) is 4.99. The van der Waals surface area contributed by atoms with Gasteiger partial charge in [0.15, 0.2) is 5.82 Å². The summed E-state index contributed by atoms with van der Waals surface area (Å²) < 4.78 is 2.00. The molecule has 1 N–H and O–H groups in total. The molecule has 0 amide bonds. The molecule has 1 fully saturated rings. The average Bonchev–Trinajstić information content (AvgIpc) is 3.52. The number of fused-ring (bicyclic) bond motifs is 2. The fourth-order valence-corrected chi connectivity index (χ4v) is 5.97. The van der Waals surface area contributed by atoms with E-state index in [1.54, 1.807) is 0 Å². The number of nitrogens with one attached hydrogen (secondary N) is 1. The predicted octanol–water partition coefficient (Wildman–Crippen LogP) is 4.79. The van der Waals surface area contributed by atoms with E-state index in [1.165, 1.54) is 29.7 Å². The van der Waals surface area contributed by atoms with E-state index in [4.69, 9.17) is 0 Å². The van der Waals surface area contributed by atoms with Crippen molar-refractivity contribution in [1.82, 2.24) is 25.2 Å². The van der Waals surface area contributed by atoms with Crippen LogP contribution in [-0.4, -0.2) is 31.7 Å².